The lowest BCUT2D eigenvalue weighted by atomic mass is 10.1. The molecule has 0 bridgehead atoms. The van der Waals surface area contributed by atoms with Crippen molar-refractivity contribution >= 4 is 32.1 Å². The van der Waals surface area contributed by atoms with Crippen LogP contribution in [0.5, 0.6) is 17.2 Å². The van der Waals surface area contributed by atoms with Gasteiger partial charge in [-0.05, 0) is 35.7 Å². The number of rotatable bonds is 6. The summed E-state index contributed by atoms with van der Waals surface area (Å²) < 4.78 is 35.2. The van der Waals surface area contributed by atoms with Gasteiger partial charge in [0, 0.05) is 35.7 Å². The van der Waals surface area contributed by atoms with E-state index in [4.69, 9.17) is 9.47 Å². The van der Waals surface area contributed by atoms with Crippen molar-refractivity contribution in [3.8, 4) is 17.2 Å². The molecule has 1 aromatic heterocycles. The van der Waals surface area contributed by atoms with Crippen LogP contribution in [-0.4, -0.2) is 26.8 Å². The Kier molecular flexibility index (Phi) is 5.29. The molecule has 0 unspecified atom stereocenters. The summed E-state index contributed by atoms with van der Waals surface area (Å²) in [5.41, 5.74) is 0.541. The van der Waals surface area contributed by atoms with Gasteiger partial charge in [-0.25, -0.2) is 13.4 Å². The van der Waals surface area contributed by atoms with Crippen molar-refractivity contribution in [3.63, 3.8) is 0 Å². The SMILES string of the molecule is COc1cc(Nc2cc(Oc3cc[c]c4ccccc34)ccn2)cc(S(C)(=O)=O)c1. The minimum atomic E-state index is -3.39. The van der Waals surface area contributed by atoms with Gasteiger partial charge < -0.3 is 14.8 Å². The summed E-state index contributed by atoms with van der Waals surface area (Å²) in [5, 5.41) is 5.03. The molecule has 151 valence electrons. The second kappa shape index (κ2) is 8.04. The van der Waals surface area contributed by atoms with Crippen LogP contribution < -0.4 is 14.8 Å². The van der Waals surface area contributed by atoms with Crippen LogP contribution in [0.3, 0.4) is 0 Å². The molecule has 0 amide bonds. The molecule has 0 atom stereocenters. The summed E-state index contributed by atoms with van der Waals surface area (Å²) in [6.07, 6.45) is 2.77. The van der Waals surface area contributed by atoms with E-state index in [-0.39, 0.29) is 4.90 Å². The van der Waals surface area contributed by atoms with Gasteiger partial charge in [-0.15, -0.1) is 0 Å². The number of pyridine rings is 1. The molecule has 0 saturated heterocycles. The summed E-state index contributed by atoms with van der Waals surface area (Å²) >= 11 is 0. The Bertz CT molecular complexity index is 1310. The first-order chi connectivity index (χ1) is 14.4. The van der Waals surface area contributed by atoms with E-state index in [2.05, 4.69) is 16.4 Å². The molecule has 0 aliphatic carbocycles. The van der Waals surface area contributed by atoms with Crippen molar-refractivity contribution in [2.75, 3.05) is 18.7 Å². The number of anilines is 2. The van der Waals surface area contributed by atoms with E-state index >= 15 is 0 Å². The van der Waals surface area contributed by atoms with Gasteiger partial charge in [-0.1, -0.05) is 30.3 Å². The van der Waals surface area contributed by atoms with Gasteiger partial charge >= 0.3 is 0 Å². The van der Waals surface area contributed by atoms with Gasteiger partial charge in [-0.3, -0.25) is 0 Å². The third-order valence-electron chi connectivity index (χ3n) is 4.44. The van der Waals surface area contributed by atoms with Crippen molar-refractivity contribution in [2.45, 2.75) is 4.90 Å². The third-order valence-corrected chi connectivity index (χ3v) is 5.53. The molecule has 0 aliphatic heterocycles. The molecule has 0 fully saturated rings. The second-order valence-corrected chi connectivity index (χ2v) is 8.68. The largest absolute Gasteiger partial charge is 0.497 e. The number of hydrogen-bond donors (Lipinski definition) is 1. The fourth-order valence-electron chi connectivity index (χ4n) is 3.00. The highest BCUT2D eigenvalue weighted by atomic mass is 32.2. The highest BCUT2D eigenvalue weighted by Gasteiger charge is 2.12. The Balaban J connectivity index is 1.63. The molecule has 4 rings (SSSR count). The molecule has 1 N–H and O–H groups in total. The van der Waals surface area contributed by atoms with Crippen LogP contribution in [0.25, 0.3) is 10.8 Å². The summed E-state index contributed by atoms with van der Waals surface area (Å²) in [7, 11) is -1.90. The second-order valence-electron chi connectivity index (χ2n) is 6.66. The zero-order chi connectivity index (χ0) is 21.1. The first-order valence-electron chi connectivity index (χ1n) is 9.12. The van der Waals surface area contributed by atoms with Gasteiger partial charge in [0.05, 0.1) is 12.0 Å². The van der Waals surface area contributed by atoms with Crippen LogP contribution in [-0.2, 0) is 9.84 Å². The third kappa shape index (κ3) is 4.36. The smallest absolute Gasteiger partial charge is 0.175 e. The molecule has 6 nitrogen and oxygen atoms in total. The Morgan fingerprint density at radius 3 is 2.63 bits per heavy atom. The van der Waals surface area contributed by atoms with Gasteiger partial charge in [0.1, 0.15) is 23.1 Å². The molecular formula is C23H19N2O4S. The number of fused-ring (bicyclic) bond motifs is 1. The zero-order valence-electron chi connectivity index (χ0n) is 16.4. The molecule has 3 aromatic carbocycles. The maximum Gasteiger partial charge on any atom is 0.175 e. The van der Waals surface area contributed by atoms with Crippen LogP contribution >= 0.6 is 0 Å². The monoisotopic (exact) mass is 419 g/mol. The average molecular weight is 419 g/mol. The quantitative estimate of drug-likeness (QED) is 0.475. The predicted octanol–water partition coefficient (Wildman–Crippen LogP) is 4.98. The Morgan fingerprint density at radius 2 is 1.83 bits per heavy atom. The molecule has 30 heavy (non-hydrogen) atoms. The Hall–Kier alpha value is -3.58. The van der Waals surface area contributed by atoms with Crippen LogP contribution in [0, 0.1) is 6.07 Å². The molecule has 4 aromatic rings. The van der Waals surface area contributed by atoms with E-state index in [0.717, 1.165) is 17.0 Å². The van der Waals surface area contributed by atoms with Crippen molar-refractivity contribution in [3.05, 3.63) is 79.0 Å². The van der Waals surface area contributed by atoms with Gasteiger partial charge in [0.15, 0.2) is 9.84 Å². The summed E-state index contributed by atoms with van der Waals surface area (Å²) in [6, 6.07) is 22.9. The standard InChI is InChI=1S/C23H19N2O4S/c1-28-19-12-17(13-20(14-19)30(2,26)27)25-23-15-18(10-11-24-23)29-22-9-5-7-16-6-3-4-8-21(16)22/h3-6,8-15H,1-2H3,(H,24,25). The summed E-state index contributed by atoms with van der Waals surface area (Å²) in [4.78, 5) is 4.45. The van der Waals surface area contributed by atoms with Crippen molar-refractivity contribution in [1.82, 2.24) is 4.98 Å². The van der Waals surface area contributed by atoms with Gasteiger partial charge in [-0.2, -0.15) is 0 Å². The number of benzene rings is 3. The number of aromatic nitrogens is 1. The first kappa shape index (κ1) is 19.7. The fraction of sp³-hybridized carbons (Fsp3) is 0.0870. The predicted molar refractivity (Wildman–Crippen MR) is 116 cm³/mol. The lowest BCUT2D eigenvalue weighted by molar-refractivity contribution is 0.413. The van der Waals surface area contributed by atoms with E-state index in [1.54, 1.807) is 24.4 Å². The minimum absolute atomic E-state index is 0.156. The normalized spacial score (nSPS) is 11.3. The molecular weight excluding hydrogens is 400 g/mol. The number of ether oxygens (including phenoxy) is 2. The zero-order valence-corrected chi connectivity index (χ0v) is 17.2. The van der Waals surface area contributed by atoms with Crippen molar-refractivity contribution < 1.29 is 17.9 Å². The number of nitrogens with zero attached hydrogens (tertiary/aromatic N) is 1. The van der Waals surface area contributed by atoms with E-state index in [0.29, 0.717) is 28.8 Å². The lowest BCUT2D eigenvalue weighted by Crippen LogP contribution is -2.01. The first-order valence-corrected chi connectivity index (χ1v) is 11.0. The minimum Gasteiger partial charge on any atom is -0.497 e. The van der Waals surface area contributed by atoms with Gasteiger partial charge in [0.25, 0.3) is 0 Å². The van der Waals surface area contributed by atoms with Crippen molar-refractivity contribution in [1.29, 1.82) is 0 Å². The average Bonchev–Trinajstić information content (AvgIpc) is 2.73. The summed E-state index contributed by atoms with van der Waals surface area (Å²) in [6.45, 7) is 0. The van der Waals surface area contributed by atoms with Crippen molar-refractivity contribution in [2.24, 2.45) is 0 Å². The molecule has 7 heteroatoms. The maximum absolute atomic E-state index is 11.9. The Labute approximate surface area is 175 Å². The highest BCUT2D eigenvalue weighted by Crippen LogP contribution is 2.31. The number of methoxy groups -OCH3 is 1. The van der Waals surface area contributed by atoms with Gasteiger partial charge in [0.2, 0.25) is 0 Å². The maximum atomic E-state index is 11.9. The van der Waals surface area contributed by atoms with Crippen LogP contribution in [0.4, 0.5) is 11.5 Å². The van der Waals surface area contributed by atoms with E-state index < -0.39 is 9.84 Å². The molecule has 0 aliphatic rings. The van der Waals surface area contributed by atoms with E-state index in [1.807, 2.05) is 36.4 Å². The fourth-order valence-corrected chi connectivity index (χ4v) is 3.67. The Morgan fingerprint density at radius 1 is 1.00 bits per heavy atom. The molecule has 0 saturated carbocycles. The number of nitrogens with one attached hydrogen (secondary N) is 1. The topological polar surface area (TPSA) is 77.5 Å². The van der Waals surface area contributed by atoms with Crippen LogP contribution in [0.2, 0.25) is 0 Å². The summed E-state index contributed by atoms with van der Waals surface area (Å²) in [5.74, 6) is 2.24. The van der Waals surface area contributed by atoms with Crippen LogP contribution in [0.1, 0.15) is 0 Å². The lowest BCUT2D eigenvalue weighted by Gasteiger charge is -2.12. The molecule has 1 heterocycles. The number of hydrogen-bond acceptors (Lipinski definition) is 6. The number of sulfone groups is 1. The van der Waals surface area contributed by atoms with E-state index in [9.17, 15) is 8.42 Å². The molecule has 0 spiro atoms. The van der Waals surface area contributed by atoms with Crippen LogP contribution in [0.15, 0.2) is 77.8 Å². The molecule has 1 radical (unpaired) electrons. The van der Waals surface area contributed by atoms with E-state index in [1.165, 1.54) is 19.2 Å². The highest BCUT2D eigenvalue weighted by molar-refractivity contribution is 7.90.